The lowest BCUT2D eigenvalue weighted by Gasteiger charge is -2.07. The van der Waals surface area contributed by atoms with Crippen LogP contribution in [0.15, 0.2) is 60.9 Å². The third kappa shape index (κ3) is 2.80. The third-order valence-electron chi connectivity index (χ3n) is 3.04. The topological polar surface area (TPSA) is 77.2 Å². The highest BCUT2D eigenvalue weighted by atomic mass is 16.5. The van der Waals surface area contributed by atoms with Crippen molar-refractivity contribution in [2.24, 2.45) is 0 Å². The smallest absolute Gasteiger partial charge is 0.358 e. The van der Waals surface area contributed by atoms with Crippen molar-refractivity contribution >= 4 is 5.97 Å². The van der Waals surface area contributed by atoms with Crippen LogP contribution in [-0.4, -0.2) is 25.8 Å². The molecule has 0 unspecified atom stereocenters. The summed E-state index contributed by atoms with van der Waals surface area (Å²) in [4.78, 5) is 15.6. The lowest BCUT2D eigenvalue weighted by Crippen LogP contribution is -2.10. The molecule has 1 N–H and O–H groups in total. The average molecular weight is 295 g/mol. The maximum atomic E-state index is 11.5. The minimum Gasteiger partial charge on any atom is -0.485 e. The number of carboxylic acid groups (broad SMARTS) is 1. The summed E-state index contributed by atoms with van der Waals surface area (Å²) in [5.74, 6) is -0.484. The van der Waals surface area contributed by atoms with Crippen molar-refractivity contribution in [1.82, 2.24) is 14.8 Å². The maximum Gasteiger partial charge on any atom is 0.358 e. The lowest BCUT2D eigenvalue weighted by atomic mass is 10.2. The number of carboxylic acids is 1. The van der Waals surface area contributed by atoms with Gasteiger partial charge in [-0.05, 0) is 17.7 Å². The van der Waals surface area contributed by atoms with Crippen LogP contribution in [0.5, 0.6) is 5.75 Å². The molecule has 0 aliphatic rings. The summed E-state index contributed by atoms with van der Waals surface area (Å²) in [7, 11) is 0. The maximum absolute atomic E-state index is 11.5. The van der Waals surface area contributed by atoms with Gasteiger partial charge >= 0.3 is 5.97 Å². The first-order valence-electron chi connectivity index (χ1n) is 6.65. The van der Waals surface area contributed by atoms with E-state index in [9.17, 15) is 9.90 Å². The Morgan fingerprint density at radius 2 is 1.91 bits per heavy atom. The van der Waals surface area contributed by atoms with Crippen LogP contribution >= 0.6 is 0 Å². The molecule has 6 nitrogen and oxygen atoms in total. The first-order chi connectivity index (χ1) is 10.8. The van der Waals surface area contributed by atoms with Crippen LogP contribution in [0.4, 0.5) is 0 Å². The van der Waals surface area contributed by atoms with E-state index in [1.165, 1.54) is 10.9 Å². The molecule has 0 saturated heterocycles. The number of pyridine rings is 1. The Balaban J connectivity index is 1.89. The molecule has 0 aliphatic heterocycles. The molecule has 1 aromatic carbocycles. The van der Waals surface area contributed by atoms with Crippen LogP contribution in [0.1, 0.15) is 16.1 Å². The van der Waals surface area contributed by atoms with Gasteiger partial charge in [-0.25, -0.2) is 14.5 Å². The standard InChI is InChI=1S/C16H13N3O3/c20-16(21)15-13(22-11-12-6-2-1-3-7-12)10-18-19(15)14-8-4-5-9-17-14/h1-10H,11H2,(H,20,21). The highest BCUT2D eigenvalue weighted by Gasteiger charge is 2.20. The molecule has 3 aromatic rings. The van der Waals surface area contributed by atoms with Crippen LogP contribution in [0, 0.1) is 0 Å². The summed E-state index contributed by atoms with van der Waals surface area (Å²) in [6.45, 7) is 0.273. The molecule has 0 aliphatic carbocycles. The summed E-state index contributed by atoms with van der Waals surface area (Å²) in [5, 5.41) is 13.5. The number of hydrogen-bond acceptors (Lipinski definition) is 4. The van der Waals surface area contributed by atoms with E-state index in [0.717, 1.165) is 5.56 Å². The largest absolute Gasteiger partial charge is 0.485 e. The molecule has 0 fully saturated rings. The van der Waals surface area contributed by atoms with Gasteiger partial charge in [0.15, 0.2) is 17.3 Å². The number of aromatic nitrogens is 3. The summed E-state index contributed by atoms with van der Waals surface area (Å²) >= 11 is 0. The van der Waals surface area contributed by atoms with Crippen molar-refractivity contribution in [3.63, 3.8) is 0 Å². The van der Waals surface area contributed by atoms with Gasteiger partial charge in [-0.1, -0.05) is 36.4 Å². The number of rotatable bonds is 5. The monoisotopic (exact) mass is 295 g/mol. The van der Waals surface area contributed by atoms with Gasteiger partial charge in [0.1, 0.15) is 6.61 Å². The molecule has 2 aromatic heterocycles. The molecular weight excluding hydrogens is 282 g/mol. The molecule has 0 atom stereocenters. The summed E-state index contributed by atoms with van der Waals surface area (Å²) in [5.41, 5.74) is 0.902. The Morgan fingerprint density at radius 1 is 1.14 bits per heavy atom. The van der Waals surface area contributed by atoms with Gasteiger partial charge in [-0.3, -0.25) is 0 Å². The minimum atomic E-state index is -1.12. The molecule has 6 heteroatoms. The van der Waals surface area contributed by atoms with Crippen LogP contribution in [0.2, 0.25) is 0 Å². The van der Waals surface area contributed by atoms with Crippen molar-refractivity contribution in [1.29, 1.82) is 0 Å². The zero-order chi connectivity index (χ0) is 15.4. The Morgan fingerprint density at radius 3 is 2.59 bits per heavy atom. The van der Waals surface area contributed by atoms with Gasteiger partial charge in [0.05, 0.1) is 6.20 Å². The van der Waals surface area contributed by atoms with Gasteiger partial charge in [0.25, 0.3) is 0 Å². The van der Waals surface area contributed by atoms with Crippen molar-refractivity contribution < 1.29 is 14.6 Å². The number of ether oxygens (including phenoxy) is 1. The van der Waals surface area contributed by atoms with E-state index in [0.29, 0.717) is 5.82 Å². The molecule has 2 heterocycles. The van der Waals surface area contributed by atoms with E-state index >= 15 is 0 Å². The number of aromatic carboxylic acids is 1. The second kappa shape index (κ2) is 6.09. The number of benzene rings is 1. The normalized spacial score (nSPS) is 10.4. The van der Waals surface area contributed by atoms with Gasteiger partial charge < -0.3 is 9.84 Å². The van der Waals surface area contributed by atoms with Crippen molar-refractivity contribution in [2.45, 2.75) is 6.61 Å². The number of nitrogens with zero attached hydrogens (tertiary/aromatic N) is 3. The minimum absolute atomic E-state index is 0.0466. The molecule has 0 spiro atoms. The van der Waals surface area contributed by atoms with E-state index in [2.05, 4.69) is 10.1 Å². The first-order valence-corrected chi connectivity index (χ1v) is 6.65. The lowest BCUT2D eigenvalue weighted by molar-refractivity contribution is 0.0681. The SMILES string of the molecule is O=C(O)c1c(OCc2ccccc2)cnn1-c1ccccn1. The fraction of sp³-hybridized carbons (Fsp3) is 0.0625. The highest BCUT2D eigenvalue weighted by molar-refractivity contribution is 5.89. The second-order valence-electron chi connectivity index (χ2n) is 4.54. The molecule has 0 bridgehead atoms. The fourth-order valence-corrected chi connectivity index (χ4v) is 2.02. The second-order valence-corrected chi connectivity index (χ2v) is 4.54. The van der Waals surface area contributed by atoms with Gasteiger partial charge in [0.2, 0.25) is 0 Å². The summed E-state index contributed by atoms with van der Waals surface area (Å²) in [6.07, 6.45) is 2.97. The van der Waals surface area contributed by atoms with Crippen LogP contribution in [-0.2, 0) is 6.61 Å². The molecule has 22 heavy (non-hydrogen) atoms. The van der Waals surface area contributed by atoms with Crippen molar-refractivity contribution in [3.8, 4) is 11.6 Å². The predicted molar refractivity (Wildman–Crippen MR) is 79.1 cm³/mol. The van der Waals surface area contributed by atoms with Crippen LogP contribution < -0.4 is 4.74 Å². The van der Waals surface area contributed by atoms with E-state index < -0.39 is 5.97 Å². The summed E-state index contributed by atoms with van der Waals surface area (Å²) < 4.78 is 6.85. The zero-order valence-electron chi connectivity index (χ0n) is 11.6. The van der Waals surface area contributed by atoms with Crippen LogP contribution in [0.3, 0.4) is 0 Å². The molecule has 110 valence electrons. The number of hydrogen-bond donors (Lipinski definition) is 1. The molecule has 0 radical (unpaired) electrons. The first kappa shape index (κ1) is 13.8. The van der Waals surface area contributed by atoms with E-state index in [1.807, 2.05) is 30.3 Å². The van der Waals surface area contributed by atoms with Gasteiger partial charge in [0, 0.05) is 6.20 Å². The summed E-state index contributed by atoms with van der Waals surface area (Å²) in [6, 6.07) is 14.7. The zero-order valence-corrected chi connectivity index (χ0v) is 11.6. The van der Waals surface area contributed by atoms with E-state index in [4.69, 9.17) is 4.74 Å². The third-order valence-corrected chi connectivity index (χ3v) is 3.04. The molecule has 0 amide bonds. The highest BCUT2D eigenvalue weighted by Crippen LogP contribution is 2.21. The van der Waals surface area contributed by atoms with E-state index in [-0.39, 0.29) is 18.1 Å². The number of carbonyl (C=O) groups is 1. The van der Waals surface area contributed by atoms with Crippen molar-refractivity contribution in [2.75, 3.05) is 0 Å². The Bertz CT molecular complexity index is 770. The molecule has 3 rings (SSSR count). The Kier molecular flexibility index (Phi) is 3.82. The van der Waals surface area contributed by atoms with E-state index in [1.54, 1.807) is 24.4 Å². The van der Waals surface area contributed by atoms with Crippen LogP contribution in [0.25, 0.3) is 5.82 Å². The molecular formula is C16H13N3O3. The Labute approximate surface area is 126 Å². The Hall–Kier alpha value is -3.15. The predicted octanol–water partition coefficient (Wildman–Crippen LogP) is 2.54. The van der Waals surface area contributed by atoms with Gasteiger partial charge in [-0.15, -0.1) is 0 Å². The molecule has 0 saturated carbocycles. The average Bonchev–Trinajstić information content (AvgIpc) is 2.99. The van der Waals surface area contributed by atoms with Gasteiger partial charge in [-0.2, -0.15) is 5.10 Å². The quantitative estimate of drug-likeness (QED) is 0.782. The fourth-order valence-electron chi connectivity index (χ4n) is 2.02. The van der Waals surface area contributed by atoms with Crippen molar-refractivity contribution in [3.05, 3.63) is 72.2 Å².